The van der Waals surface area contributed by atoms with Crippen LogP contribution in [0.5, 0.6) is 5.75 Å². The zero-order valence-electron chi connectivity index (χ0n) is 16.2. The van der Waals surface area contributed by atoms with Crippen molar-refractivity contribution in [2.45, 2.75) is 33.1 Å². The van der Waals surface area contributed by atoms with Crippen molar-refractivity contribution in [2.75, 3.05) is 0 Å². The summed E-state index contributed by atoms with van der Waals surface area (Å²) in [6, 6.07) is 7.54. The molecule has 0 fully saturated rings. The van der Waals surface area contributed by atoms with E-state index in [1.807, 2.05) is 6.92 Å². The topological polar surface area (TPSA) is 79.5 Å². The predicted molar refractivity (Wildman–Crippen MR) is 104 cm³/mol. The maximum absolute atomic E-state index is 14.9. The fourth-order valence-corrected chi connectivity index (χ4v) is 3.76. The molecule has 2 N–H and O–H groups in total. The first-order valence-corrected chi connectivity index (χ1v) is 9.24. The molecule has 0 bridgehead atoms. The Kier molecular flexibility index (Phi) is 5.42. The molecular weight excluding hydrogens is 380 g/mol. The van der Waals surface area contributed by atoms with Crippen LogP contribution in [0.2, 0.25) is 0 Å². The van der Waals surface area contributed by atoms with Gasteiger partial charge in [-0.05, 0) is 48.7 Å². The Labute approximate surface area is 166 Å². The van der Waals surface area contributed by atoms with Crippen LogP contribution in [0, 0.1) is 24.5 Å². The molecule has 3 rings (SSSR count). The SMILES string of the molecule is CC[C@@H](C)C(C(=O)O)c1c(C)n(C(=O)c2cccc(F)c2)c2ccc(O)c(F)c12. The Balaban J connectivity index is 2.39. The van der Waals surface area contributed by atoms with Gasteiger partial charge in [0.25, 0.3) is 5.91 Å². The Morgan fingerprint density at radius 2 is 1.86 bits per heavy atom. The number of aromatic hydroxyl groups is 1. The second kappa shape index (κ2) is 7.66. The van der Waals surface area contributed by atoms with Crippen LogP contribution in [-0.4, -0.2) is 26.7 Å². The van der Waals surface area contributed by atoms with Crippen molar-refractivity contribution < 1.29 is 28.6 Å². The number of phenolic OH excluding ortho intramolecular Hbond substituents is 1. The lowest BCUT2D eigenvalue weighted by Gasteiger charge is -2.20. The minimum Gasteiger partial charge on any atom is -0.505 e. The predicted octanol–water partition coefficient (Wildman–Crippen LogP) is 4.84. The number of hydrogen-bond acceptors (Lipinski definition) is 3. The highest BCUT2D eigenvalue weighted by molar-refractivity contribution is 6.05. The summed E-state index contributed by atoms with van der Waals surface area (Å²) in [5.74, 6) is -5.42. The molecule has 0 aliphatic heterocycles. The third-order valence-electron chi connectivity index (χ3n) is 5.40. The van der Waals surface area contributed by atoms with Gasteiger partial charge in [0.05, 0.1) is 11.4 Å². The van der Waals surface area contributed by atoms with Crippen LogP contribution < -0.4 is 0 Å². The van der Waals surface area contributed by atoms with Crippen molar-refractivity contribution in [3.63, 3.8) is 0 Å². The lowest BCUT2D eigenvalue weighted by Crippen LogP contribution is -2.21. The van der Waals surface area contributed by atoms with E-state index in [2.05, 4.69) is 0 Å². The normalized spacial score (nSPS) is 13.4. The average molecular weight is 401 g/mol. The zero-order valence-corrected chi connectivity index (χ0v) is 16.2. The first-order chi connectivity index (χ1) is 13.7. The number of hydrogen-bond donors (Lipinski definition) is 2. The summed E-state index contributed by atoms with van der Waals surface area (Å²) in [7, 11) is 0. The molecule has 3 aromatic rings. The Morgan fingerprint density at radius 1 is 1.17 bits per heavy atom. The summed E-state index contributed by atoms with van der Waals surface area (Å²) in [5, 5.41) is 19.6. The monoisotopic (exact) mass is 401 g/mol. The van der Waals surface area contributed by atoms with E-state index in [4.69, 9.17) is 0 Å². The highest BCUT2D eigenvalue weighted by Crippen LogP contribution is 2.40. The first kappa shape index (κ1) is 20.5. The maximum atomic E-state index is 14.9. The molecule has 2 atom stereocenters. The minimum absolute atomic E-state index is 0.0421. The number of aliphatic carboxylic acids is 1. The van der Waals surface area contributed by atoms with Crippen molar-refractivity contribution in [1.82, 2.24) is 4.57 Å². The third-order valence-corrected chi connectivity index (χ3v) is 5.40. The summed E-state index contributed by atoms with van der Waals surface area (Å²) < 4.78 is 29.8. The molecule has 0 saturated heterocycles. The van der Waals surface area contributed by atoms with Crippen LogP contribution in [0.1, 0.15) is 47.8 Å². The van der Waals surface area contributed by atoms with Gasteiger partial charge in [-0.1, -0.05) is 26.3 Å². The minimum atomic E-state index is -1.15. The summed E-state index contributed by atoms with van der Waals surface area (Å²) >= 11 is 0. The van der Waals surface area contributed by atoms with Crippen molar-refractivity contribution in [1.29, 1.82) is 0 Å². The number of rotatable bonds is 5. The Morgan fingerprint density at radius 3 is 2.45 bits per heavy atom. The first-order valence-electron chi connectivity index (χ1n) is 9.24. The second-order valence-electron chi connectivity index (χ2n) is 7.14. The number of halogens is 2. The van der Waals surface area contributed by atoms with Gasteiger partial charge in [0.2, 0.25) is 0 Å². The summed E-state index contributed by atoms with van der Waals surface area (Å²) in [5.41, 5.74) is 0.545. The van der Waals surface area contributed by atoms with Crippen LogP contribution in [0.25, 0.3) is 10.9 Å². The van der Waals surface area contributed by atoms with Gasteiger partial charge in [0.15, 0.2) is 11.6 Å². The van der Waals surface area contributed by atoms with E-state index in [1.54, 1.807) is 6.92 Å². The molecule has 0 spiro atoms. The third kappa shape index (κ3) is 3.37. The number of carbonyl (C=O) groups excluding carboxylic acids is 1. The number of fused-ring (bicyclic) bond motifs is 1. The largest absolute Gasteiger partial charge is 0.505 e. The molecule has 29 heavy (non-hydrogen) atoms. The van der Waals surface area contributed by atoms with E-state index in [9.17, 15) is 28.6 Å². The summed E-state index contributed by atoms with van der Waals surface area (Å²) in [6.07, 6.45) is 0.515. The fourth-order valence-electron chi connectivity index (χ4n) is 3.76. The van der Waals surface area contributed by atoms with Gasteiger partial charge in [0.1, 0.15) is 5.82 Å². The van der Waals surface area contributed by atoms with Crippen molar-refractivity contribution in [3.8, 4) is 5.75 Å². The van der Waals surface area contributed by atoms with Gasteiger partial charge in [-0.15, -0.1) is 0 Å². The van der Waals surface area contributed by atoms with E-state index >= 15 is 0 Å². The number of carboxylic acid groups (broad SMARTS) is 1. The van der Waals surface area contributed by atoms with E-state index in [1.165, 1.54) is 35.8 Å². The molecule has 7 heteroatoms. The number of benzene rings is 2. The highest BCUT2D eigenvalue weighted by atomic mass is 19.1. The molecule has 1 heterocycles. The molecule has 0 saturated carbocycles. The molecule has 5 nitrogen and oxygen atoms in total. The second-order valence-corrected chi connectivity index (χ2v) is 7.14. The van der Waals surface area contributed by atoms with Gasteiger partial charge in [-0.3, -0.25) is 14.2 Å². The molecule has 2 aromatic carbocycles. The molecule has 0 amide bonds. The van der Waals surface area contributed by atoms with Gasteiger partial charge >= 0.3 is 5.97 Å². The molecule has 152 valence electrons. The number of carbonyl (C=O) groups is 2. The molecule has 0 aliphatic carbocycles. The summed E-state index contributed by atoms with van der Waals surface area (Å²) in [4.78, 5) is 25.2. The number of carboxylic acids is 1. The van der Waals surface area contributed by atoms with Crippen LogP contribution in [0.15, 0.2) is 36.4 Å². The van der Waals surface area contributed by atoms with Gasteiger partial charge in [-0.25, -0.2) is 8.78 Å². The van der Waals surface area contributed by atoms with Crippen molar-refractivity contribution >= 4 is 22.8 Å². The Hall–Kier alpha value is -3.22. The van der Waals surface area contributed by atoms with Gasteiger partial charge < -0.3 is 10.2 Å². The number of phenols is 1. The van der Waals surface area contributed by atoms with Crippen molar-refractivity contribution in [3.05, 3.63) is 64.9 Å². The van der Waals surface area contributed by atoms with E-state index in [0.29, 0.717) is 6.42 Å². The molecule has 1 unspecified atom stereocenters. The van der Waals surface area contributed by atoms with Crippen LogP contribution >= 0.6 is 0 Å². The van der Waals surface area contributed by atoms with Crippen LogP contribution in [-0.2, 0) is 4.79 Å². The Bertz CT molecular complexity index is 1120. The van der Waals surface area contributed by atoms with Crippen LogP contribution in [0.4, 0.5) is 8.78 Å². The molecule has 0 radical (unpaired) electrons. The van der Waals surface area contributed by atoms with E-state index in [-0.39, 0.29) is 33.6 Å². The maximum Gasteiger partial charge on any atom is 0.311 e. The van der Waals surface area contributed by atoms with Gasteiger partial charge in [0, 0.05) is 16.6 Å². The fraction of sp³-hybridized carbons (Fsp3) is 0.273. The van der Waals surface area contributed by atoms with Gasteiger partial charge in [-0.2, -0.15) is 0 Å². The smallest absolute Gasteiger partial charge is 0.311 e. The lowest BCUT2D eigenvalue weighted by atomic mass is 9.84. The molecular formula is C22H21F2NO4. The standard InChI is InChI=1S/C22H21F2NO4/c1-4-11(2)17(22(28)29)18-12(3)25(15-8-9-16(26)20(24)19(15)18)21(27)13-6-5-7-14(23)10-13/h5-11,17,26H,4H2,1-3H3,(H,28,29)/t11-,17?/m1/s1. The van der Waals surface area contributed by atoms with E-state index < -0.39 is 35.2 Å². The average Bonchev–Trinajstić information content (AvgIpc) is 2.96. The summed E-state index contributed by atoms with van der Waals surface area (Å²) in [6.45, 7) is 5.08. The zero-order chi connectivity index (χ0) is 21.5. The quantitative estimate of drug-likeness (QED) is 0.641. The lowest BCUT2D eigenvalue weighted by molar-refractivity contribution is -0.140. The molecule has 1 aromatic heterocycles. The number of nitrogens with zero attached hydrogens (tertiary/aromatic N) is 1. The van der Waals surface area contributed by atoms with E-state index in [0.717, 1.165) is 12.1 Å². The number of aromatic nitrogens is 1. The van der Waals surface area contributed by atoms with Crippen LogP contribution in [0.3, 0.4) is 0 Å². The van der Waals surface area contributed by atoms with Crippen molar-refractivity contribution in [2.24, 2.45) is 5.92 Å². The highest BCUT2D eigenvalue weighted by Gasteiger charge is 2.34. The molecule has 0 aliphatic rings.